The van der Waals surface area contributed by atoms with Crippen LogP contribution < -0.4 is 0 Å². The molecule has 106 valence electrons. The molecule has 0 aromatic heterocycles. The second kappa shape index (κ2) is 4.74. The standard InChI is InChI=1S/C17H21NO2/c1-10-7-13-5-6-18(4)16(14(13)8-11(10)2)15-9-12(3)17(19)20-15/h7-9,15-16H,5-6H2,1-4H3/t15-,16+/m0/s1. The van der Waals surface area contributed by atoms with Crippen LogP contribution in [-0.2, 0) is 16.0 Å². The topological polar surface area (TPSA) is 29.5 Å². The predicted molar refractivity (Wildman–Crippen MR) is 78.6 cm³/mol. The number of fused-ring (bicyclic) bond motifs is 1. The number of carbonyl (C=O) groups is 1. The van der Waals surface area contributed by atoms with Gasteiger partial charge in [0.25, 0.3) is 0 Å². The number of aryl methyl sites for hydroxylation is 2. The van der Waals surface area contributed by atoms with Crippen molar-refractivity contribution in [3.05, 3.63) is 46.0 Å². The van der Waals surface area contributed by atoms with Gasteiger partial charge in [-0.05, 0) is 62.6 Å². The number of rotatable bonds is 1. The lowest BCUT2D eigenvalue weighted by Gasteiger charge is -2.37. The molecule has 3 rings (SSSR count). The van der Waals surface area contributed by atoms with Crippen LogP contribution in [0, 0.1) is 13.8 Å². The second-order valence-electron chi connectivity index (χ2n) is 6.03. The first-order valence-electron chi connectivity index (χ1n) is 7.17. The van der Waals surface area contributed by atoms with E-state index < -0.39 is 0 Å². The van der Waals surface area contributed by atoms with E-state index in [1.807, 2.05) is 13.0 Å². The van der Waals surface area contributed by atoms with Crippen LogP contribution in [0.3, 0.4) is 0 Å². The monoisotopic (exact) mass is 271 g/mol. The molecular weight excluding hydrogens is 250 g/mol. The van der Waals surface area contributed by atoms with Gasteiger partial charge < -0.3 is 4.74 Å². The van der Waals surface area contributed by atoms with Gasteiger partial charge in [0.05, 0.1) is 6.04 Å². The molecule has 0 unspecified atom stereocenters. The molecule has 0 amide bonds. The Bertz CT molecular complexity index is 603. The van der Waals surface area contributed by atoms with Crippen LogP contribution in [0.25, 0.3) is 0 Å². The normalized spacial score (nSPS) is 26.2. The van der Waals surface area contributed by atoms with E-state index in [4.69, 9.17) is 4.74 Å². The molecule has 2 atom stereocenters. The van der Waals surface area contributed by atoms with E-state index in [-0.39, 0.29) is 18.1 Å². The van der Waals surface area contributed by atoms with E-state index in [1.165, 1.54) is 22.3 Å². The molecule has 2 aliphatic rings. The molecule has 3 heteroatoms. The Kier molecular flexibility index (Phi) is 3.17. The highest BCUT2D eigenvalue weighted by Gasteiger charge is 2.36. The van der Waals surface area contributed by atoms with Crippen LogP contribution in [0.4, 0.5) is 0 Å². The van der Waals surface area contributed by atoms with Crippen molar-refractivity contribution in [2.24, 2.45) is 0 Å². The van der Waals surface area contributed by atoms with E-state index in [0.29, 0.717) is 0 Å². The summed E-state index contributed by atoms with van der Waals surface area (Å²) in [6.07, 6.45) is 2.87. The number of nitrogens with zero attached hydrogens (tertiary/aromatic N) is 1. The van der Waals surface area contributed by atoms with Gasteiger partial charge in [-0.3, -0.25) is 4.90 Å². The highest BCUT2D eigenvalue weighted by atomic mass is 16.5. The first-order valence-corrected chi connectivity index (χ1v) is 7.17. The molecular formula is C17H21NO2. The summed E-state index contributed by atoms with van der Waals surface area (Å²) in [5, 5.41) is 0. The quantitative estimate of drug-likeness (QED) is 0.736. The average Bonchev–Trinajstić information content (AvgIpc) is 2.71. The number of carbonyl (C=O) groups excluding carboxylic acids is 1. The summed E-state index contributed by atoms with van der Waals surface area (Å²) in [6, 6.07) is 4.69. The third kappa shape index (κ3) is 2.06. The van der Waals surface area contributed by atoms with Crippen molar-refractivity contribution < 1.29 is 9.53 Å². The van der Waals surface area contributed by atoms with Crippen molar-refractivity contribution in [2.75, 3.05) is 13.6 Å². The molecule has 2 aliphatic heterocycles. The van der Waals surface area contributed by atoms with Gasteiger partial charge in [0.1, 0.15) is 6.10 Å². The minimum atomic E-state index is -0.181. The number of benzene rings is 1. The molecule has 0 bridgehead atoms. The van der Waals surface area contributed by atoms with Gasteiger partial charge in [0.2, 0.25) is 0 Å². The summed E-state index contributed by atoms with van der Waals surface area (Å²) in [5.41, 5.74) is 6.06. The van der Waals surface area contributed by atoms with E-state index in [2.05, 4.69) is 37.9 Å². The maximum Gasteiger partial charge on any atom is 0.334 e. The van der Waals surface area contributed by atoms with Gasteiger partial charge in [-0.25, -0.2) is 4.79 Å². The lowest BCUT2D eigenvalue weighted by atomic mass is 9.87. The molecule has 20 heavy (non-hydrogen) atoms. The summed E-state index contributed by atoms with van der Waals surface area (Å²) in [6.45, 7) is 7.12. The lowest BCUT2D eigenvalue weighted by Crippen LogP contribution is -2.39. The zero-order valence-corrected chi connectivity index (χ0v) is 12.6. The molecule has 3 nitrogen and oxygen atoms in total. The smallest absolute Gasteiger partial charge is 0.334 e. The minimum absolute atomic E-state index is 0.138. The largest absolute Gasteiger partial charge is 0.453 e. The molecule has 0 radical (unpaired) electrons. The van der Waals surface area contributed by atoms with Gasteiger partial charge in [0, 0.05) is 12.1 Å². The number of likely N-dealkylation sites (N-methyl/N-ethyl adjacent to an activating group) is 1. The zero-order chi connectivity index (χ0) is 14.4. The summed E-state index contributed by atoms with van der Waals surface area (Å²) < 4.78 is 5.54. The van der Waals surface area contributed by atoms with Crippen LogP contribution in [0.1, 0.15) is 35.2 Å². The van der Waals surface area contributed by atoms with E-state index in [9.17, 15) is 4.79 Å². The number of cyclic esters (lactones) is 1. The van der Waals surface area contributed by atoms with E-state index >= 15 is 0 Å². The first kappa shape index (κ1) is 13.4. The Morgan fingerprint density at radius 1 is 1.20 bits per heavy atom. The Morgan fingerprint density at radius 2 is 1.90 bits per heavy atom. The van der Waals surface area contributed by atoms with Crippen molar-refractivity contribution >= 4 is 5.97 Å². The SMILES string of the molecule is CC1=C[C@@H]([C@H]2c3cc(C)c(C)cc3CCN2C)OC1=O. The van der Waals surface area contributed by atoms with Crippen molar-refractivity contribution in [1.82, 2.24) is 4.90 Å². The van der Waals surface area contributed by atoms with E-state index in [1.54, 1.807) is 0 Å². The highest BCUT2D eigenvalue weighted by molar-refractivity contribution is 5.90. The Labute approximate surface area is 120 Å². The Morgan fingerprint density at radius 3 is 2.55 bits per heavy atom. The summed E-state index contributed by atoms with van der Waals surface area (Å²) in [5.74, 6) is -0.181. The first-order chi connectivity index (χ1) is 9.47. The lowest BCUT2D eigenvalue weighted by molar-refractivity contribution is -0.142. The maximum absolute atomic E-state index is 11.7. The third-order valence-electron chi connectivity index (χ3n) is 4.57. The van der Waals surface area contributed by atoms with Crippen LogP contribution in [0.5, 0.6) is 0 Å². The van der Waals surface area contributed by atoms with Gasteiger partial charge in [-0.2, -0.15) is 0 Å². The molecule has 0 saturated heterocycles. The fourth-order valence-electron chi connectivity index (χ4n) is 3.21. The molecule has 2 heterocycles. The Balaban J connectivity index is 2.04. The molecule has 1 aromatic carbocycles. The number of ether oxygens (including phenoxy) is 1. The summed E-state index contributed by atoms with van der Waals surface area (Å²) >= 11 is 0. The third-order valence-corrected chi connectivity index (χ3v) is 4.57. The molecule has 1 aromatic rings. The second-order valence-corrected chi connectivity index (χ2v) is 6.03. The van der Waals surface area contributed by atoms with E-state index in [0.717, 1.165) is 18.5 Å². The fraction of sp³-hybridized carbons (Fsp3) is 0.471. The number of esters is 1. The summed E-state index contributed by atoms with van der Waals surface area (Å²) in [4.78, 5) is 14.0. The van der Waals surface area contributed by atoms with Crippen LogP contribution in [-0.4, -0.2) is 30.6 Å². The molecule has 0 N–H and O–H groups in total. The molecule has 0 fully saturated rings. The van der Waals surface area contributed by atoms with Crippen molar-refractivity contribution in [3.63, 3.8) is 0 Å². The average molecular weight is 271 g/mol. The summed E-state index contributed by atoms with van der Waals surface area (Å²) in [7, 11) is 2.11. The number of hydrogen-bond acceptors (Lipinski definition) is 3. The van der Waals surface area contributed by atoms with Crippen molar-refractivity contribution in [2.45, 2.75) is 39.3 Å². The minimum Gasteiger partial charge on any atom is -0.453 e. The van der Waals surface area contributed by atoms with Gasteiger partial charge in [-0.15, -0.1) is 0 Å². The van der Waals surface area contributed by atoms with Gasteiger partial charge in [-0.1, -0.05) is 12.1 Å². The van der Waals surface area contributed by atoms with Gasteiger partial charge >= 0.3 is 5.97 Å². The molecule has 0 aliphatic carbocycles. The van der Waals surface area contributed by atoms with Crippen LogP contribution in [0.2, 0.25) is 0 Å². The van der Waals surface area contributed by atoms with Crippen LogP contribution >= 0.6 is 0 Å². The van der Waals surface area contributed by atoms with Crippen molar-refractivity contribution in [1.29, 1.82) is 0 Å². The van der Waals surface area contributed by atoms with Gasteiger partial charge in [0.15, 0.2) is 0 Å². The highest BCUT2D eigenvalue weighted by Crippen LogP contribution is 2.36. The fourth-order valence-corrected chi connectivity index (χ4v) is 3.21. The molecule has 0 spiro atoms. The van der Waals surface area contributed by atoms with Crippen LogP contribution in [0.15, 0.2) is 23.8 Å². The molecule has 0 saturated carbocycles. The Hall–Kier alpha value is -1.61. The predicted octanol–water partition coefficient (Wildman–Crippen LogP) is 2.70. The zero-order valence-electron chi connectivity index (χ0n) is 12.6. The number of hydrogen-bond donors (Lipinski definition) is 0. The van der Waals surface area contributed by atoms with Crippen molar-refractivity contribution in [3.8, 4) is 0 Å². The maximum atomic E-state index is 11.7.